The van der Waals surface area contributed by atoms with E-state index in [1.165, 1.54) is 0 Å². The number of aromatic amines is 1. The Labute approximate surface area is 158 Å². The number of aryl methyl sites for hydroxylation is 2. The molecule has 0 spiro atoms. The number of nitrogens with one attached hydrogen (secondary N) is 1. The molecular weight excluding hydrogens is 338 g/mol. The average molecular weight is 361 g/mol. The first-order chi connectivity index (χ1) is 13.1. The molecule has 0 aliphatic carbocycles. The molecule has 6 nitrogen and oxygen atoms in total. The van der Waals surface area contributed by atoms with Gasteiger partial charge < -0.3 is 9.88 Å². The maximum atomic E-state index is 13.1. The Morgan fingerprint density at radius 3 is 2.70 bits per heavy atom. The van der Waals surface area contributed by atoms with E-state index in [1.807, 2.05) is 55.1 Å². The maximum Gasteiger partial charge on any atom is 0.254 e. The first-order valence-corrected chi connectivity index (χ1v) is 9.35. The smallest absolute Gasteiger partial charge is 0.254 e. The molecule has 1 saturated heterocycles. The number of piperidine rings is 1. The summed E-state index contributed by atoms with van der Waals surface area (Å²) in [7, 11) is 0. The second-order valence-corrected chi connectivity index (χ2v) is 7.02. The molecule has 0 unspecified atom stereocenters. The third-order valence-corrected chi connectivity index (χ3v) is 4.93. The summed E-state index contributed by atoms with van der Waals surface area (Å²) in [5.74, 6) is 1.48. The summed E-state index contributed by atoms with van der Waals surface area (Å²) in [4.78, 5) is 31.9. The van der Waals surface area contributed by atoms with E-state index in [2.05, 4.69) is 19.9 Å². The van der Waals surface area contributed by atoms with Crippen molar-refractivity contribution < 1.29 is 4.79 Å². The van der Waals surface area contributed by atoms with Gasteiger partial charge in [-0.15, -0.1) is 0 Å². The SMILES string of the molecule is Cc1nc(-c2ncc(C)[nH]2)cc([C@H]2CCCCN2C(=O)c2ccccc2)n1. The highest BCUT2D eigenvalue weighted by Crippen LogP contribution is 2.32. The zero-order valence-electron chi connectivity index (χ0n) is 15.6. The zero-order chi connectivity index (χ0) is 18.8. The molecule has 0 saturated carbocycles. The van der Waals surface area contributed by atoms with Crippen LogP contribution < -0.4 is 0 Å². The number of amides is 1. The van der Waals surface area contributed by atoms with Gasteiger partial charge >= 0.3 is 0 Å². The summed E-state index contributed by atoms with van der Waals surface area (Å²) < 4.78 is 0. The van der Waals surface area contributed by atoms with Crippen LogP contribution in [0.1, 0.15) is 52.9 Å². The fraction of sp³-hybridized carbons (Fsp3) is 0.333. The molecule has 1 amide bonds. The molecule has 138 valence electrons. The molecule has 6 heteroatoms. The van der Waals surface area contributed by atoms with Gasteiger partial charge in [-0.1, -0.05) is 18.2 Å². The van der Waals surface area contributed by atoms with Crippen molar-refractivity contribution in [3.05, 3.63) is 65.4 Å². The monoisotopic (exact) mass is 361 g/mol. The van der Waals surface area contributed by atoms with E-state index in [-0.39, 0.29) is 11.9 Å². The van der Waals surface area contributed by atoms with Gasteiger partial charge in [0, 0.05) is 24.0 Å². The molecule has 1 aliphatic rings. The third-order valence-electron chi connectivity index (χ3n) is 4.93. The number of aromatic nitrogens is 4. The van der Waals surface area contributed by atoms with Gasteiger partial charge in [-0.3, -0.25) is 4.79 Å². The standard InChI is InChI=1S/C21H23N5O/c1-14-13-22-20(23-14)18-12-17(24-15(2)25-18)19-10-6-7-11-26(19)21(27)16-8-4-3-5-9-16/h3-5,8-9,12-13,19H,6-7,10-11H2,1-2H3,(H,22,23)/t19-/m1/s1. The number of benzene rings is 1. The number of H-pyrrole nitrogens is 1. The van der Waals surface area contributed by atoms with Gasteiger partial charge in [0.15, 0.2) is 5.82 Å². The van der Waals surface area contributed by atoms with Crippen LogP contribution in [-0.2, 0) is 0 Å². The van der Waals surface area contributed by atoms with Crippen molar-refractivity contribution in [2.75, 3.05) is 6.54 Å². The van der Waals surface area contributed by atoms with Crippen molar-refractivity contribution >= 4 is 5.91 Å². The molecule has 4 rings (SSSR count). The van der Waals surface area contributed by atoms with Crippen molar-refractivity contribution in [3.8, 4) is 11.5 Å². The summed E-state index contributed by atoms with van der Waals surface area (Å²) in [5, 5.41) is 0. The van der Waals surface area contributed by atoms with Crippen LogP contribution in [0.3, 0.4) is 0 Å². The summed E-state index contributed by atoms with van der Waals surface area (Å²) >= 11 is 0. The highest BCUT2D eigenvalue weighted by atomic mass is 16.2. The lowest BCUT2D eigenvalue weighted by atomic mass is 9.97. The number of imidazole rings is 1. The van der Waals surface area contributed by atoms with Crippen LogP contribution >= 0.6 is 0 Å². The van der Waals surface area contributed by atoms with Gasteiger partial charge in [0.25, 0.3) is 5.91 Å². The fourth-order valence-electron chi connectivity index (χ4n) is 3.65. The van der Waals surface area contributed by atoms with Gasteiger partial charge in [0.1, 0.15) is 11.5 Å². The van der Waals surface area contributed by atoms with Crippen LogP contribution in [0.4, 0.5) is 0 Å². The number of carbonyl (C=O) groups excluding carboxylic acids is 1. The molecule has 0 bridgehead atoms. The summed E-state index contributed by atoms with van der Waals surface area (Å²) in [6, 6.07) is 11.4. The topological polar surface area (TPSA) is 74.8 Å². The molecule has 0 radical (unpaired) electrons. The number of rotatable bonds is 3. The summed E-state index contributed by atoms with van der Waals surface area (Å²) in [6.07, 6.45) is 4.80. The second kappa shape index (κ2) is 7.31. The van der Waals surface area contributed by atoms with Crippen LogP contribution in [0.25, 0.3) is 11.5 Å². The number of nitrogens with zero attached hydrogens (tertiary/aromatic N) is 4. The van der Waals surface area contributed by atoms with E-state index in [1.54, 1.807) is 6.20 Å². The molecule has 1 atom stereocenters. The fourth-order valence-corrected chi connectivity index (χ4v) is 3.65. The quantitative estimate of drug-likeness (QED) is 0.769. The molecule has 27 heavy (non-hydrogen) atoms. The maximum absolute atomic E-state index is 13.1. The number of hydrogen-bond acceptors (Lipinski definition) is 4. The Kier molecular flexibility index (Phi) is 4.71. The van der Waals surface area contributed by atoms with Crippen LogP contribution in [0.2, 0.25) is 0 Å². The highest BCUT2D eigenvalue weighted by Gasteiger charge is 2.30. The Hall–Kier alpha value is -3.02. The van der Waals surface area contributed by atoms with E-state index < -0.39 is 0 Å². The third kappa shape index (κ3) is 3.60. The first kappa shape index (κ1) is 17.4. The Bertz CT molecular complexity index is 950. The molecule has 2 aromatic heterocycles. The molecule has 1 fully saturated rings. The van der Waals surface area contributed by atoms with E-state index in [4.69, 9.17) is 0 Å². The molecule has 3 heterocycles. The Balaban J connectivity index is 1.70. The van der Waals surface area contributed by atoms with Crippen LogP contribution in [0.15, 0.2) is 42.6 Å². The lowest BCUT2D eigenvalue weighted by molar-refractivity contribution is 0.0605. The van der Waals surface area contributed by atoms with Crippen molar-refractivity contribution in [1.29, 1.82) is 0 Å². The van der Waals surface area contributed by atoms with E-state index in [9.17, 15) is 4.79 Å². The molecular formula is C21H23N5O. The van der Waals surface area contributed by atoms with E-state index >= 15 is 0 Å². The van der Waals surface area contributed by atoms with Crippen molar-refractivity contribution in [1.82, 2.24) is 24.8 Å². The van der Waals surface area contributed by atoms with Crippen LogP contribution in [0, 0.1) is 13.8 Å². The first-order valence-electron chi connectivity index (χ1n) is 9.35. The van der Waals surface area contributed by atoms with E-state index in [0.717, 1.165) is 54.3 Å². The summed E-state index contributed by atoms with van der Waals surface area (Å²) in [5.41, 5.74) is 3.36. The average Bonchev–Trinajstić information content (AvgIpc) is 3.14. The van der Waals surface area contributed by atoms with Crippen LogP contribution in [-0.4, -0.2) is 37.3 Å². The number of likely N-dealkylation sites (tertiary alicyclic amines) is 1. The van der Waals surface area contributed by atoms with Gasteiger partial charge in [-0.25, -0.2) is 15.0 Å². The number of carbonyl (C=O) groups is 1. The summed E-state index contributed by atoms with van der Waals surface area (Å²) in [6.45, 7) is 4.60. The minimum atomic E-state index is -0.0389. The van der Waals surface area contributed by atoms with Gasteiger partial charge in [0.05, 0.1) is 11.7 Å². The van der Waals surface area contributed by atoms with Crippen LogP contribution in [0.5, 0.6) is 0 Å². The number of hydrogen-bond donors (Lipinski definition) is 1. The highest BCUT2D eigenvalue weighted by molar-refractivity contribution is 5.94. The lowest BCUT2D eigenvalue weighted by Gasteiger charge is -2.35. The normalized spacial score (nSPS) is 17.1. The molecule has 1 aromatic carbocycles. The molecule has 1 aliphatic heterocycles. The Morgan fingerprint density at radius 2 is 1.96 bits per heavy atom. The second-order valence-electron chi connectivity index (χ2n) is 7.02. The van der Waals surface area contributed by atoms with Crippen molar-refractivity contribution in [3.63, 3.8) is 0 Å². The largest absolute Gasteiger partial charge is 0.341 e. The minimum Gasteiger partial charge on any atom is -0.341 e. The van der Waals surface area contributed by atoms with Crippen molar-refractivity contribution in [2.24, 2.45) is 0 Å². The van der Waals surface area contributed by atoms with Gasteiger partial charge in [0.2, 0.25) is 0 Å². The van der Waals surface area contributed by atoms with Gasteiger partial charge in [-0.2, -0.15) is 0 Å². The Morgan fingerprint density at radius 1 is 1.15 bits per heavy atom. The molecule has 3 aromatic rings. The minimum absolute atomic E-state index is 0.0389. The van der Waals surface area contributed by atoms with E-state index in [0.29, 0.717) is 5.82 Å². The van der Waals surface area contributed by atoms with Crippen molar-refractivity contribution in [2.45, 2.75) is 39.2 Å². The molecule has 1 N–H and O–H groups in total. The van der Waals surface area contributed by atoms with Gasteiger partial charge in [-0.05, 0) is 51.3 Å². The predicted octanol–water partition coefficient (Wildman–Crippen LogP) is 3.85. The predicted molar refractivity (Wildman–Crippen MR) is 103 cm³/mol. The zero-order valence-corrected chi connectivity index (χ0v) is 15.6. The lowest BCUT2D eigenvalue weighted by Crippen LogP contribution is -2.39.